The van der Waals surface area contributed by atoms with Crippen LogP contribution in [-0.4, -0.2) is 4.98 Å². The van der Waals surface area contributed by atoms with Crippen LogP contribution in [-0.2, 0) is 0 Å². The van der Waals surface area contributed by atoms with E-state index in [1.54, 1.807) is 6.07 Å². The number of aromatic nitrogens is 1. The number of rotatable bonds is 0. The Kier molecular flexibility index (Phi) is 1.78. The van der Waals surface area contributed by atoms with E-state index in [4.69, 9.17) is 5.26 Å². The largest absolute Gasteiger partial charge is 0.314 e. The van der Waals surface area contributed by atoms with Crippen LogP contribution < -0.4 is 5.56 Å². The summed E-state index contributed by atoms with van der Waals surface area (Å²) < 4.78 is 0. The lowest BCUT2D eigenvalue weighted by atomic mass is 10.4. The van der Waals surface area contributed by atoms with Gasteiger partial charge in [-0.15, -0.1) is 12.6 Å². The summed E-state index contributed by atoms with van der Waals surface area (Å²) in [4.78, 5) is 13.4. The molecule has 0 unspecified atom stereocenters. The fraction of sp³-hybridized carbons (Fsp3) is 0. The molecule has 0 radical (unpaired) electrons. The van der Waals surface area contributed by atoms with Crippen molar-refractivity contribution in [2.45, 2.75) is 4.90 Å². The Bertz CT molecular complexity index is 336. The molecule has 0 aliphatic rings. The first-order chi connectivity index (χ1) is 4.72. The first kappa shape index (κ1) is 6.90. The van der Waals surface area contributed by atoms with Gasteiger partial charge in [-0.2, -0.15) is 5.26 Å². The van der Waals surface area contributed by atoms with E-state index in [-0.39, 0.29) is 11.3 Å². The second-order valence-corrected chi connectivity index (χ2v) is 2.24. The SMILES string of the molecule is N#Cc1cc(S)cc(=O)[nH]1. The van der Waals surface area contributed by atoms with E-state index in [9.17, 15) is 4.79 Å². The monoisotopic (exact) mass is 152 g/mol. The molecule has 0 aliphatic carbocycles. The molecule has 1 heterocycles. The quantitative estimate of drug-likeness (QED) is 0.533. The Balaban J connectivity index is 3.36. The van der Waals surface area contributed by atoms with E-state index in [1.807, 2.05) is 0 Å². The van der Waals surface area contributed by atoms with Gasteiger partial charge in [0.05, 0.1) is 0 Å². The summed E-state index contributed by atoms with van der Waals surface area (Å²) in [7, 11) is 0. The number of nitrogens with zero attached hydrogens (tertiary/aromatic N) is 1. The standard InChI is InChI=1S/C6H4N2OS/c7-3-4-1-5(10)2-6(9)8-4/h1-2H,(H2,8,9,10). The molecule has 0 saturated carbocycles. The van der Waals surface area contributed by atoms with Crippen LogP contribution in [0.25, 0.3) is 0 Å². The summed E-state index contributed by atoms with van der Waals surface area (Å²) in [6, 6.07) is 4.60. The van der Waals surface area contributed by atoms with Gasteiger partial charge in [0.1, 0.15) is 11.8 Å². The van der Waals surface area contributed by atoms with Crippen molar-refractivity contribution in [2.24, 2.45) is 0 Å². The molecule has 0 aliphatic heterocycles. The Hall–Kier alpha value is -1.21. The molecule has 4 heteroatoms. The molecule has 1 aromatic heterocycles. The Labute approximate surface area is 62.7 Å². The molecule has 3 nitrogen and oxygen atoms in total. The summed E-state index contributed by atoms with van der Waals surface area (Å²) in [6.07, 6.45) is 0. The fourth-order valence-corrected chi connectivity index (χ4v) is 0.835. The number of hydrogen-bond donors (Lipinski definition) is 2. The molecule has 1 N–H and O–H groups in total. The summed E-state index contributed by atoms with van der Waals surface area (Å²) >= 11 is 3.91. The molecule has 0 saturated heterocycles. The molecule has 50 valence electrons. The van der Waals surface area contributed by atoms with Gasteiger partial charge in [0.2, 0.25) is 5.56 Å². The van der Waals surface area contributed by atoms with Gasteiger partial charge in [-0.3, -0.25) is 4.79 Å². The van der Waals surface area contributed by atoms with E-state index < -0.39 is 0 Å². The maximum absolute atomic E-state index is 10.6. The summed E-state index contributed by atoms with van der Waals surface area (Å²) in [5.74, 6) is 0. The minimum atomic E-state index is -0.302. The van der Waals surface area contributed by atoms with Crippen LogP contribution in [0.15, 0.2) is 21.8 Å². The number of hydrogen-bond acceptors (Lipinski definition) is 3. The second kappa shape index (κ2) is 2.58. The Morgan fingerprint density at radius 2 is 2.30 bits per heavy atom. The van der Waals surface area contributed by atoms with Crippen LogP contribution in [0, 0.1) is 11.3 Å². The molecule has 0 amide bonds. The van der Waals surface area contributed by atoms with Gasteiger partial charge >= 0.3 is 0 Å². The van der Waals surface area contributed by atoms with Crippen molar-refractivity contribution < 1.29 is 0 Å². The van der Waals surface area contributed by atoms with Crippen LogP contribution in [0.3, 0.4) is 0 Å². The minimum absolute atomic E-state index is 0.234. The summed E-state index contributed by atoms with van der Waals surface area (Å²) in [6.45, 7) is 0. The van der Waals surface area contributed by atoms with Gasteiger partial charge in [0, 0.05) is 11.0 Å². The highest BCUT2D eigenvalue weighted by molar-refractivity contribution is 7.80. The van der Waals surface area contributed by atoms with Crippen molar-refractivity contribution in [2.75, 3.05) is 0 Å². The third-order valence-corrected chi connectivity index (χ3v) is 1.21. The van der Waals surface area contributed by atoms with E-state index in [1.165, 1.54) is 12.1 Å². The normalized spacial score (nSPS) is 8.80. The van der Waals surface area contributed by atoms with Gasteiger partial charge in [0.15, 0.2) is 0 Å². The van der Waals surface area contributed by atoms with Gasteiger partial charge in [-0.25, -0.2) is 0 Å². The molecular formula is C6H4N2OS. The maximum Gasteiger partial charge on any atom is 0.250 e. The lowest BCUT2D eigenvalue weighted by Crippen LogP contribution is -2.04. The second-order valence-electron chi connectivity index (χ2n) is 1.73. The fourth-order valence-electron chi connectivity index (χ4n) is 0.589. The Morgan fingerprint density at radius 1 is 1.60 bits per heavy atom. The molecule has 10 heavy (non-hydrogen) atoms. The van der Waals surface area contributed by atoms with Gasteiger partial charge in [-0.05, 0) is 6.07 Å². The smallest absolute Gasteiger partial charge is 0.250 e. The van der Waals surface area contributed by atoms with Crippen molar-refractivity contribution >= 4 is 12.6 Å². The topological polar surface area (TPSA) is 56.6 Å². The zero-order valence-electron chi connectivity index (χ0n) is 4.96. The lowest BCUT2D eigenvalue weighted by Gasteiger charge is -1.88. The number of pyridine rings is 1. The summed E-state index contributed by atoms with van der Waals surface area (Å²) in [5, 5.41) is 8.33. The van der Waals surface area contributed by atoms with Crippen molar-refractivity contribution in [3.05, 3.63) is 28.2 Å². The molecule has 0 aromatic carbocycles. The maximum atomic E-state index is 10.6. The third-order valence-electron chi connectivity index (χ3n) is 0.950. The molecular weight excluding hydrogens is 148 g/mol. The van der Waals surface area contributed by atoms with Crippen molar-refractivity contribution in [3.63, 3.8) is 0 Å². The molecule has 0 atom stereocenters. The highest BCUT2D eigenvalue weighted by Gasteiger charge is 1.92. The molecule has 0 spiro atoms. The van der Waals surface area contributed by atoms with Crippen LogP contribution in [0.4, 0.5) is 0 Å². The van der Waals surface area contributed by atoms with Gasteiger partial charge in [0.25, 0.3) is 0 Å². The van der Waals surface area contributed by atoms with Crippen molar-refractivity contribution in [1.29, 1.82) is 5.26 Å². The van der Waals surface area contributed by atoms with Crippen LogP contribution >= 0.6 is 12.6 Å². The van der Waals surface area contributed by atoms with E-state index in [2.05, 4.69) is 17.6 Å². The minimum Gasteiger partial charge on any atom is -0.314 e. The molecule has 0 bridgehead atoms. The molecule has 1 rings (SSSR count). The van der Waals surface area contributed by atoms with E-state index in [0.29, 0.717) is 4.90 Å². The van der Waals surface area contributed by atoms with Crippen LogP contribution in [0.1, 0.15) is 5.69 Å². The van der Waals surface area contributed by atoms with E-state index >= 15 is 0 Å². The first-order valence-corrected chi connectivity index (χ1v) is 3.00. The van der Waals surface area contributed by atoms with Crippen molar-refractivity contribution in [3.8, 4) is 6.07 Å². The van der Waals surface area contributed by atoms with Crippen molar-refractivity contribution in [1.82, 2.24) is 4.98 Å². The Morgan fingerprint density at radius 3 is 2.80 bits per heavy atom. The number of aromatic amines is 1. The molecule has 0 fully saturated rings. The van der Waals surface area contributed by atoms with Gasteiger partial charge in [-0.1, -0.05) is 0 Å². The number of thiol groups is 1. The zero-order valence-corrected chi connectivity index (χ0v) is 5.85. The summed E-state index contributed by atoms with van der Waals surface area (Å²) in [5.41, 5.74) is -0.0680. The third kappa shape index (κ3) is 1.39. The highest BCUT2D eigenvalue weighted by Crippen LogP contribution is 2.00. The average Bonchev–Trinajstić information content (AvgIpc) is 1.85. The van der Waals surface area contributed by atoms with Gasteiger partial charge < -0.3 is 4.98 Å². The predicted molar refractivity (Wildman–Crippen MR) is 39.0 cm³/mol. The number of nitriles is 1. The van der Waals surface area contributed by atoms with Crippen LogP contribution in [0.5, 0.6) is 0 Å². The number of H-pyrrole nitrogens is 1. The highest BCUT2D eigenvalue weighted by atomic mass is 32.1. The zero-order chi connectivity index (χ0) is 7.56. The van der Waals surface area contributed by atoms with E-state index in [0.717, 1.165) is 0 Å². The first-order valence-electron chi connectivity index (χ1n) is 2.56. The average molecular weight is 152 g/mol. The van der Waals surface area contributed by atoms with Crippen LogP contribution in [0.2, 0.25) is 0 Å². The molecule has 1 aromatic rings. The number of nitrogens with one attached hydrogen (secondary N) is 1. The lowest BCUT2D eigenvalue weighted by molar-refractivity contribution is 1.15. The predicted octanol–water partition coefficient (Wildman–Crippen LogP) is 0.535.